The number of unbranched alkanes of at least 4 members (excludes halogenated alkanes) is 2. The molecule has 1 fully saturated rings. The molecule has 0 amide bonds. The second-order valence-corrected chi connectivity index (χ2v) is 4.40. The molecular formula is C12H25NO2. The first-order valence-electron chi connectivity index (χ1n) is 6.25. The van der Waals surface area contributed by atoms with Gasteiger partial charge in [-0.3, -0.25) is 0 Å². The standard InChI is InChI=1S/C12H25NO2/c1-15-12-8-4-3-7-11(12)13-9-5-2-6-10-14/h11-14H,2-10H2,1H3. The average Bonchev–Trinajstić information content (AvgIpc) is 2.29. The van der Waals surface area contributed by atoms with Gasteiger partial charge in [-0.05, 0) is 38.6 Å². The van der Waals surface area contributed by atoms with Crippen molar-refractivity contribution in [2.75, 3.05) is 20.3 Å². The van der Waals surface area contributed by atoms with Crippen molar-refractivity contribution in [3.63, 3.8) is 0 Å². The number of rotatable bonds is 7. The zero-order valence-corrected chi connectivity index (χ0v) is 9.87. The maximum Gasteiger partial charge on any atom is 0.0724 e. The third kappa shape index (κ3) is 4.96. The summed E-state index contributed by atoms with van der Waals surface area (Å²) >= 11 is 0. The minimum atomic E-state index is 0.324. The van der Waals surface area contributed by atoms with Gasteiger partial charge in [0.15, 0.2) is 0 Å². The maximum atomic E-state index is 8.65. The van der Waals surface area contributed by atoms with E-state index in [1.165, 1.54) is 25.7 Å². The summed E-state index contributed by atoms with van der Waals surface area (Å²) in [6.45, 7) is 1.38. The molecule has 2 N–H and O–H groups in total. The smallest absolute Gasteiger partial charge is 0.0724 e. The summed E-state index contributed by atoms with van der Waals surface area (Å²) < 4.78 is 5.48. The summed E-state index contributed by atoms with van der Waals surface area (Å²) in [6, 6.07) is 0.554. The zero-order valence-electron chi connectivity index (χ0n) is 9.87. The van der Waals surface area contributed by atoms with Crippen molar-refractivity contribution in [1.29, 1.82) is 0 Å². The highest BCUT2D eigenvalue weighted by atomic mass is 16.5. The van der Waals surface area contributed by atoms with Crippen LogP contribution in [0.3, 0.4) is 0 Å². The second kappa shape index (κ2) is 8.08. The molecule has 0 aliphatic heterocycles. The van der Waals surface area contributed by atoms with Gasteiger partial charge < -0.3 is 15.2 Å². The molecule has 1 saturated carbocycles. The zero-order chi connectivity index (χ0) is 10.9. The van der Waals surface area contributed by atoms with Crippen LogP contribution >= 0.6 is 0 Å². The Hall–Kier alpha value is -0.120. The van der Waals surface area contributed by atoms with Crippen LogP contribution in [-0.2, 0) is 4.74 Å². The molecule has 0 aromatic rings. The van der Waals surface area contributed by atoms with E-state index in [0.717, 1.165) is 25.8 Å². The molecule has 15 heavy (non-hydrogen) atoms. The minimum absolute atomic E-state index is 0.324. The highest BCUT2D eigenvalue weighted by Gasteiger charge is 2.23. The summed E-state index contributed by atoms with van der Waals surface area (Å²) in [4.78, 5) is 0. The van der Waals surface area contributed by atoms with Gasteiger partial charge in [0, 0.05) is 19.8 Å². The molecule has 3 heteroatoms. The fourth-order valence-corrected chi connectivity index (χ4v) is 2.31. The van der Waals surface area contributed by atoms with Crippen LogP contribution in [0.5, 0.6) is 0 Å². The van der Waals surface area contributed by atoms with Crippen LogP contribution in [0.1, 0.15) is 44.9 Å². The SMILES string of the molecule is COC1CCCCC1NCCCCCO. The molecule has 0 spiro atoms. The lowest BCUT2D eigenvalue weighted by Crippen LogP contribution is -2.43. The van der Waals surface area contributed by atoms with Crippen molar-refractivity contribution >= 4 is 0 Å². The third-order valence-electron chi connectivity index (χ3n) is 3.25. The van der Waals surface area contributed by atoms with Crippen LogP contribution in [0.25, 0.3) is 0 Å². The summed E-state index contributed by atoms with van der Waals surface area (Å²) in [5, 5.41) is 12.2. The van der Waals surface area contributed by atoms with Crippen LogP contribution in [0.15, 0.2) is 0 Å². The van der Waals surface area contributed by atoms with Gasteiger partial charge >= 0.3 is 0 Å². The minimum Gasteiger partial charge on any atom is -0.396 e. The Balaban J connectivity index is 2.07. The van der Waals surface area contributed by atoms with E-state index >= 15 is 0 Å². The monoisotopic (exact) mass is 215 g/mol. The molecule has 0 aromatic carbocycles. The van der Waals surface area contributed by atoms with Gasteiger partial charge in [0.1, 0.15) is 0 Å². The van der Waals surface area contributed by atoms with Crippen molar-refractivity contribution in [2.45, 2.75) is 57.1 Å². The molecule has 1 rings (SSSR count). The molecule has 0 bridgehead atoms. The Labute approximate surface area is 93.2 Å². The van der Waals surface area contributed by atoms with Gasteiger partial charge in [-0.15, -0.1) is 0 Å². The fourth-order valence-electron chi connectivity index (χ4n) is 2.31. The Morgan fingerprint density at radius 3 is 2.73 bits per heavy atom. The van der Waals surface area contributed by atoms with Crippen LogP contribution in [0.2, 0.25) is 0 Å². The molecule has 0 saturated heterocycles. The molecule has 2 atom stereocenters. The van der Waals surface area contributed by atoms with Crippen LogP contribution in [0.4, 0.5) is 0 Å². The lowest BCUT2D eigenvalue weighted by molar-refractivity contribution is 0.0418. The van der Waals surface area contributed by atoms with Crippen molar-refractivity contribution in [1.82, 2.24) is 5.32 Å². The number of hydrogen-bond donors (Lipinski definition) is 2. The Morgan fingerprint density at radius 2 is 2.00 bits per heavy atom. The Kier molecular flexibility index (Phi) is 6.98. The predicted octanol–water partition coefficient (Wildman–Crippen LogP) is 1.70. The molecule has 0 radical (unpaired) electrons. The van der Waals surface area contributed by atoms with Crippen molar-refractivity contribution in [2.24, 2.45) is 0 Å². The molecule has 1 aliphatic carbocycles. The Bertz CT molecular complexity index is 153. The topological polar surface area (TPSA) is 41.5 Å². The molecule has 1 aliphatic rings. The van der Waals surface area contributed by atoms with Crippen molar-refractivity contribution < 1.29 is 9.84 Å². The molecule has 3 nitrogen and oxygen atoms in total. The lowest BCUT2D eigenvalue weighted by atomic mass is 9.92. The summed E-state index contributed by atoms with van der Waals surface area (Å²) in [5.74, 6) is 0. The number of nitrogens with one attached hydrogen (secondary N) is 1. The summed E-state index contributed by atoms with van der Waals surface area (Å²) in [5.41, 5.74) is 0. The first-order chi connectivity index (χ1) is 7.38. The number of methoxy groups -OCH3 is 1. The predicted molar refractivity (Wildman–Crippen MR) is 62.0 cm³/mol. The number of aliphatic hydroxyl groups is 1. The van der Waals surface area contributed by atoms with Gasteiger partial charge in [0.25, 0.3) is 0 Å². The normalized spacial score (nSPS) is 26.8. The molecule has 2 unspecified atom stereocenters. The number of ether oxygens (including phenoxy) is 1. The first kappa shape index (κ1) is 12.9. The van der Waals surface area contributed by atoms with E-state index in [1.54, 1.807) is 0 Å². The molecule has 90 valence electrons. The van der Waals surface area contributed by atoms with E-state index in [4.69, 9.17) is 9.84 Å². The van der Waals surface area contributed by atoms with E-state index in [0.29, 0.717) is 18.8 Å². The van der Waals surface area contributed by atoms with E-state index in [-0.39, 0.29) is 0 Å². The molecular weight excluding hydrogens is 190 g/mol. The van der Waals surface area contributed by atoms with Gasteiger partial charge in [-0.1, -0.05) is 12.8 Å². The summed E-state index contributed by atoms with van der Waals surface area (Å²) in [6.07, 6.45) is 8.71. The van der Waals surface area contributed by atoms with Gasteiger partial charge in [0.05, 0.1) is 6.10 Å². The van der Waals surface area contributed by atoms with Gasteiger partial charge in [0.2, 0.25) is 0 Å². The highest BCUT2D eigenvalue weighted by molar-refractivity contribution is 4.81. The third-order valence-corrected chi connectivity index (χ3v) is 3.25. The quantitative estimate of drug-likeness (QED) is 0.635. The van der Waals surface area contributed by atoms with E-state index in [9.17, 15) is 0 Å². The van der Waals surface area contributed by atoms with E-state index in [2.05, 4.69) is 5.32 Å². The van der Waals surface area contributed by atoms with E-state index < -0.39 is 0 Å². The fraction of sp³-hybridized carbons (Fsp3) is 1.00. The number of hydrogen-bond acceptors (Lipinski definition) is 3. The first-order valence-corrected chi connectivity index (χ1v) is 6.25. The van der Waals surface area contributed by atoms with Crippen LogP contribution < -0.4 is 5.32 Å². The summed E-state index contributed by atoms with van der Waals surface area (Å²) in [7, 11) is 1.82. The molecule has 0 heterocycles. The van der Waals surface area contributed by atoms with Gasteiger partial charge in [-0.25, -0.2) is 0 Å². The number of aliphatic hydroxyl groups excluding tert-OH is 1. The lowest BCUT2D eigenvalue weighted by Gasteiger charge is -2.31. The highest BCUT2D eigenvalue weighted by Crippen LogP contribution is 2.20. The van der Waals surface area contributed by atoms with Crippen molar-refractivity contribution in [3.8, 4) is 0 Å². The maximum absolute atomic E-state index is 8.65. The Morgan fingerprint density at radius 1 is 1.20 bits per heavy atom. The van der Waals surface area contributed by atoms with Crippen molar-refractivity contribution in [3.05, 3.63) is 0 Å². The van der Waals surface area contributed by atoms with Crippen LogP contribution in [0, 0.1) is 0 Å². The van der Waals surface area contributed by atoms with Gasteiger partial charge in [-0.2, -0.15) is 0 Å². The average molecular weight is 215 g/mol. The largest absolute Gasteiger partial charge is 0.396 e. The second-order valence-electron chi connectivity index (χ2n) is 4.40. The van der Waals surface area contributed by atoms with Crippen LogP contribution in [-0.4, -0.2) is 37.5 Å². The molecule has 0 aromatic heterocycles. The van der Waals surface area contributed by atoms with E-state index in [1.807, 2.05) is 7.11 Å².